The van der Waals surface area contributed by atoms with E-state index in [2.05, 4.69) is 48.4 Å². The topological polar surface area (TPSA) is 223 Å². The average molecular weight is 883 g/mol. The van der Waals surface area contributed by atoms with Gasteiger partial charge in [0.05, 0.1) is 55.1 Å². The molecule has 3 aliphatic rings. The van der Waals surface area contributed by atoms with Crippen LogP contribution in [0.1, 0.15) is 87.4 Å². The van der Waals surface area contributed by atoms with Crippen LogP contribution in [0.3, 0.4) is 0 Å². The Morgan fingerprint density at radius 3 is 2.47 bits per heavy atom. The molecule has 1 atom stereocenters. The molecule has 7 rings (SSSR count). The van der Waals surface area contributed by atoms with Gasteiger partial charge in [0.15, 0.2) is 11.4 Å². The van der Waals surface area contributed by atoms with Gasteiger partial charge in [0.25, 0.3) is 24.1 Å². The summed E-state index contributed by atoms with van der Waals surface area (Å²) >= 11 is 0. The average Bonchev–Trinajstić information content (AvgIpc) is 3.71. The number of fused-ring (bicyclic) bond motifs is 1. The Hall–Kier alpha value is -6.90. The first-order chi connectivity index (χ1) is 31.0. The first kappa shape index (κ1) is 45.1. The smallest absolute Gasteiger partial charge is 0.284 e. The van der Waals surface area contributed by atoms with Crippen LogP contribution in [0.4, 0.5) is 20.2 Å². The highest BCUT2D eigenvalue weighted by molar-refractivity contribution is 6.23. The van der Waals surface area contributed by atoms with Crippen molar-refractivity contribution in [3.8, 4) is 5.69 Å². The lowest BCUT2D eigenvalue weighted by atomic mass is 10.0. The van der Waals surface area contributed by atoms with Crippen LogP contribution in [-0.2, 0) is 25.6 Å². The summed E-state index contributed by atoms with van der Waals surface area (Å²) in [5.74, 6) is -1.65. The summed E-state index contributed by atoms with van der Waals surface area (Å²) in [5, 5.41) is 18.4. The van der Waals surface area contributed by atoms with Crippen molar-refractivity contribution in [2.75, 3.05) is 56.7 Å². The third kappa shape index (κ3) is 11.2. The Labute approximate surface area is 366 Å². The van der Waals surface area contributed by atoms with Crippen LogP contribution in [-0.4, -0.2) is 108 Å². The normalized spacial score (nSPS) is 16.6. The molecule has 5 amide bonds. The molecule has 2 aromatic heterocycles. The van der Waals surface area contributed by atoms with Gasteiger partial charge in [0.2, 0.25) is 17.7 Å². The van der Waals surface area contributed by atoms with Crippen LogP contribution in [0.15, 0.2) is 82.3 Å². The highest BCUT2D eigenvalue weighted by Crippen LogP contribution is 2.31. The number of carbonyl (C=O) groups is 5. The number of hydrogen-bond acceptors (Lipinski definition) is 14. The van der Waals surface area contributed by atoms with Crippen molar-refractivity contribution in [1.82, 2.24) is 35.6 Å². The number of nitrogens with zero attached hydrogens (tertiary/aromatic N) is 5. The van der Waals surface area contributed by atoms with E-state index >= 15 is 0 Å². The monoisotopic (exact) mass is 882 g/mol. The number of imide groups is 2. The van der Waals surface area contributed by atoms with Crippen LogP contribution in [0.25, 0.3) is 11.3 Å². The molecule has 2 fully saturated rings. The molecule has 64 heavy (non-hydrogen) atoms. The van der Waals surface area contributed by atoms with E-state index in [1.807, 2.05) is 12.1 Å². The maximum absolute atomic E-state index is 14.0. The highest BCUT2D eigenvalue weighted by atomic mass is 19.3. The molecule has 5 N–H and O–H groups in total. The number of aromatic nitrogens is 3. The number of allylic oxidation sites excluding steroid dienone is 3. The summed E-state index contributed by atoms with van der Waals surface area (Å²) in [6, 6.07) is 10.9. The fourth-order valence-corrected chi connectivity index (χ4v) is 6.93. The number of halogens is 2. The Bertz CT molecular complexity index is 2440. The van der Waals surface area contributed by atoms with Crippen LogP contribution in [0.5, 0.6) is 0 Å². The quantitative estimate of drug-likeness (QED) is 0.0297. The molecule has 2 aromatic carbocycles. The van der Waals surface area contributed by atoms with E-state index in [-0.39, 0.29) is 41.2 Å². The summed E-state index contributed by atoms with van der Waals surface area (Å²) < 4.78 is 46.2. The fraction of sp³-hybridized carbons (Fsp3) is 0.364. The Balaban J connectivity index is 0.788. The number of hydrogen-bond donors (Lipinski definition) is 5. The molecule has 0 radical (unpaired) electrons. The number of rotatable bonds is 23. The van der Waals surface area contributed by atoms with Crippen molar-refractivity contribution >= 4 is 53.2 Å². The number of carbonyl (C=O) groups excluding carboxylic acids is 5. The standard InChI is InChI=1S/C44H48F2N10O8/c1-3-28(20-36(47-2)50-23-27-4-5-27)42-52-34(25-64-42)40(58)51-33-24-55(54-38(33)39(45)46)30-9-6-26(7-10-30)22-48-14-16-62-18-19-63-17-15-49-29-8-11-31-32(21-29)44(61)56(43(31)60)35-12-13-37(57)53-41(35)59/h3,6-11,20-21,24-25,27,35,39,48-50H,2,4-5,12-19,22-23H2,1H3,(H,51,58)(H,53,57,59)/b28-3+,36-20+. The van der Waals surface area contributed by atoms with Crippen LogP contribution >= 0.6 is 0 Å². The summed E-state index contributed by atoms with van der Waals surface area (Å²) in [5.41, 5.74) is 2.16. The van der Waals surface area contributed by atoms with Crippen molar-refractivity contribution in [3.63, 3.8) is 0 Å². The molecule has 18 nitrogen and oxygen atoms in total. The lowest BCUT2D eigenvalue weighted by molar-refractivity contribution is -0.136. The molecule has 336 valence electrons. The van der Waals surface area contributed by atoms with Crippen molar-refractivity contribution in [2.24, 2.45) is 10.9 Å². The minimum atomic E-state index is -2.96. The molecular weight excluding hydrogens is 835 g/mol. The summed E-state index contributed by atoms with van der Waals surface area (Å²) in [6.45, 7) is 9.20. The minimum Gasteiger partial charge on any atom is -0.444 e. The molecule has 1 unspecified atom stereocenters. The zero-order valence-corrected chi connectivity index (χ0v) is 35.0. The van der Waals surface area contributed by atoms with Gasteiger partial charge in [-0.3, -0.25) is 34.2 Å². The number of amides is 5. The lowest BCUT2D eigenvalue weighted by Crippen LogP contribution is -2.54. The molecule has 20 heteroatoms. The van der Waals surface area contributed by atoms with Crippen molar-refractivity contribution in [1.29, 1.82) is 0 Å². The van der Waals surface area contributed by atoms with E-state index in [0.717, 1.165) is 23.3 Å². The molecular formula is C44H48F2N10O8. The first-order valence-corrected chi connectivity index (χ1v) is 20.8. The number of alkyl halides is 2. The number of anilines is 2. The highest BCUT2D eigenvalue weighted by Gasteiger charge is 2.44. The Morgan fingerprint density at radius 1 is 1.02 bits per heavy atom. The number of aliphatic imine (C=N–C) groups is 1. The van der Waals surface area contributed by atoms with Crippen molar-refractivity contribution < 1.29 is 46.6 Å². The lowest BCUT2D eigenvalue weighted by Gasteiger charge is -2.27. The summed E-state index contributed by atoms with van der Waals surface area (Å²) in [6.07, 6.45) is 5.46. The number of benzene rings is 2. The van der Waals surface area contributed by atoms with Crippen LogP contribution < -0.4 is 26.6 Å². The predicted molar refractivity (Wildman–Crippen MR) is 230 cm³/mol. The maximum Gasteiger partial charge on any atom is 0.284 e. The SMILES string of the molecule is C=N/C(=C\C(=C/C)c1nc(C(=O)Nc2cn(-c3ccc(CNCCOCCOCCNc4ccc5c(c4)C(=O)N(C4CCC(=O)NC4=O)C5=O)cc3)nc2C(F)F)co1)NCC1CC1. The van der Waals surface area contributed by atoms with Gasteiger partial charge in [0.1, 0.15) is 18.1 Å². The largest absolute Gasteiger partial charge is 0.444 e. The van der Waals surface area contributed by atoms with E-state index in [4.69, 9.17) is 13.9 Å². The predicted octanol–water partition coefficient (Wildman–Crippen LogP) is 4.63. The summed E-state index contributed by atoms with van der Waals surface area (Å²) in [7, 11) is 0. The van der Waals surface area contributed by atoms with Gasteiger partial charge in [-0.1, -0.05) is 18.2 Å². The number of nitrogens with one attached hydrogen (secondary N) is 5. The molecule has 1 saturated heterocycles. The minimum absolute atomic E-state index is 0.0523. The van der Waals surface area contributed by atoms with Gasteiger partial charge in [0, 0.05) is 43.9 Å². The second-order valence-corrected chi connectivity index (χ2v) is 15.1. The molecule has 1 aliphatic carbocycles. The number of ether oxygens (including phenoxy) is 2. The fourth-order valence-electron chi connectivity index (χ4n) is 6.93. The van der Waals surface area contributed by atoms with Crippen molar-refractivity contribution in [2.45, 2.75) is 51.6 Å². The maximum atomic E-state index is 14.0. The van der Waals surface area contributed by atoms with E-state index in [0.29, 0.717) is 74.7 Å². The van der Waals surface area contributed by atoms with Crippen molar-refractivity contribution in [3.05, 3.63) is 107 Å². The zero-order chi connectivity index (χ0) is 45.2. The van der Waals surface area contributed by atoms with E-state index < -0.39 is 47.7 Å². The third-order valence-corrected chi connectivity index (χ3v) is 10.6. The second kappa shape index (κ2) is 21.0. The van der Waals surface area contributed by atoms with Gasteiger partial charge < -0.3 is 35.2 Å². The first-order valence-electron chi connectivity index (χ1n) is 20.8. The summed E-state index contributed by atoms with van der Waals surface area (Å²) in [4.78, 5) is 72.0. The molecule has 4 heterocycles. The van der Waals surface area contributed by atoms with Gasteiger partial charge in [-0.25, -0.2) is 23.4 Å². The Morgan fingerprint density at radius 2 is 1.77 bits per heavy atom. The van der Waals surface area contributed by atoms with Gasteiger partial charge in [-0.05, 0) is 80.8 Å². The molecule has 0 bridgehead atoms. The van der Waals surface area contributed by atoms with Crippen LogP contribution in [0.2, 0.25) is 0 Å². The van der Waals surface area contributed by atoms with Gasteiger partial charge in [-0.2, -0.15) is 5.10 Å². The zero-order valence-electron chi connectivity index (χ0n) is 35.0. The third-order valence-electron chi connectivity index (χ3n) is 10.6. The van der Waals surface area contributed by atoms with Gasteiger partial charge in [-0.15, -0.1) is 0 Å². The molecule has 2 aliphatic heterocycles. The number of oxazole rings is 1. The van der Waals surface area contributed by atoms with Crippen LogP contribution in [0, 0.1) is 5.92 Å². The van der Waals surface area contributed by atoms with E-state index in [1.165, 1.54) is 23.7 Å². The molecule has 1 saturated carbocycles. The van der Waals surface area contributed by atoms with Gasteiger partial charge >= 0.3 is 0 Å². The number of piperidine rings is 1. The molecule has 4 aromatic rings. The second-order valence-electron chi connectivity index (χ2n) is 15.1. The Kier molecular flexibility index (Phi) is 14.8. The molecule has 0 spiro atoms. The van der Waals surface area contributed by atoms with E-state index in [9.17, 15) is 32.8 Å². The van der Waals surface area contributed by atoms with E-state index in [1.54, 1.807) is 49.4 Å².